The van der Waals surface area contributed by atoms with Crippen LogP contribution >= 0.6 is 0 Å². The summed E-state index contributed by atoms with van der Waals surface area (Å²) in [6, 6.07) is 7.05. The van der Waals surface area contributed by atoms with Crippen molar-refractivity contribution < 1.29 is 28.6 Å². The smallest absolute Gasteiger partial charge is 0.340 e. The number of carboxylic acids is 1. The SMILES string of the molecule is CNc1ccc2oc(C[C@H]3OC4(CC[C@H]3C)O[C@H]([C@H](C)C(=O)c3ccc[nH]3)C(C)C[C@H]4C)nc2c1C(=O)O. The van der Waals surface area contributed by atoms with Crippen molar-refractivity contribution in [3.63, 3.8) is 0 Å². The Morgan fingerprint density at radius 1 is 1.21 bits per heavy atom. The number of hydrogen-bond donors (Lipinski definition) is 3. The van der Waals surface area contributed by atoms with Crippen LogP contribution in [0.15, 0.2) is 34.9 Å². The second-order valence-electron chi connectivity index (χ2n) is 11.1. The summed E-state index contributed by atoms with van der Waals surface area (Å²) < 4.78 is 19.6. The number of aromatic carboxylic acids is 1. The zero-order chi connectivity index (χ0) is 27.2. The number of benzene rings is 1. The average molecular weight is 524 g/mol. The highest BCUT2D eigenvalue weighted by Crippen LogP contribution is 2.48. The molecule has 0 radical (unpaired) electrons. The highest BCUT2D eigenvalue weighted by Gasteiger charge is 2.52. The summed E-state index contributed by atoms with van der Waals surface area (Å²) in [7, 11) is 1.68. The third-order valence-corrected chi connectivity index (χ3v) is 8.54. The lowest BCUT2D eigenvalue weighted by Crippen LogP contribution is -2.58. The first kappa shape index (κ1) is 26.4. The van der Waals surface area contributed by atoms with E-state index in [2.05, 4.69) is 36.1 Å². The Bertz CT molecular complexity index is 1320. The predicted octanol–water partition coefficient (Wildman–Crippen LogP) is 5.53. The zero-order valence-electron chi connectivity index (χ0n) is 22.6. The van der Waals surface area contributed by atoms with E-state index in [1.807, 2.05) is 13.0 Å². The number of fused-ring (bicyclic) bond motifs is 1. The monoisotopic (exact) mass is 523 g/mol. The van der Waals surface area contributed by atoms with Gasteiger partial charge in [-0.3, -0.25) is 4.79 Å². The molecule has 9 heteroatoms. The number of ether oxygens (including phenoxy) is 2. The molecule has 2 unspecified atom stereocenters. The maximum Gasteiger partial charge on any atom is 0.340 e. The molecule has 9 nitrogen and oxygen atoms in total. The van der Waals surface area contributed by atoms with E-state index in [0.29, 0.717) is 34.8 Å². The summed E-state index contributed by atoms with van der Waals surface area (Å²) in [5.41, 5.74) is 1.93. The molecule has 5 rings (SSSR count). The molecular formula is C29H37N3O6. The number of Topliss-reactive ketones (excluding diaryl/α,β-unsaturated/α-hetero) is 1. The molecule has 7 atom stereocenters. The minimum absolute atomic E-state index is 0.0407. The molecule has 0 aliphatic carbocycles. The van der Waals surface area contributed by atoms with Crippen molar-refractivity contribution in [1.29, 1.82) is 0 Å². The van der Waals surface area contributed by atoms with Gasteiger partial charge in [-0.2, -0.15) is 0 Å². The molecule has 2 fully saturated rings. The van der Waals surface area contributed by atoms with Crippen LogP contribution in [0, 0.1) is 23.7 Å². The average Bonchev–Trinajstić information content (AvgIpc) is 3.57. The fourth-order valence-electron chi connectivity index (χ4n) is 6.27. The van der Waals surface area contributed by atoms with E-state index in [4.69, 9.17) is 13.9 Å². The summed E-state index contributed by atoms with van der Waals surface area (Å²) in [6.45, 7) is 8.39. The van der Waals surface area contributed by atoms with Crippen LogP contribution < -0.4 is 5.32 Å². The van der Waals surface area contributed by atoms with E-state index in [9.17, 15) is 14.7 Å². The van der Waals surface area contributed by atoms with Crippen molar-refractivity contribution in [2.45, 2.75) is 71.4 Å². The quantitative estimate of drug-likeness (QED) is 0.345. The van der Waals surface area contributed by atoms with Crippen LogP contribution in [0.1, 0.15) is 73.7 Å². The van der Waals surface area contributed by atoms with E-state index >= 15 is 0 Å². The lowest BCUT2D eigenvalue weighted by Gasteiger charge is -2.53. The molecule has 0 saturated carbocycles. The molecule has 2 aliphatic heterocycles. The van der Waals surface area contributed by atoms with Crippen molar-refractivity contribution in [2.24, 2.45) is 23.7 Å². The van der Waals surface area contributed by atoms with Gasteiger partial charge in [-0.15, -0.1) is 0 Å². The Kier molecular flexibility index (Phi) is 7.09. The second-order valence-corrected chi connectivity index (χ2v) is 11.1. The normalized spacial score (nSPS) is 30.4. The number of aromatic amines is 1. The fourth-order valence-corrected chi connectivity index (χ4v) is 6.27. The number of ketones is 1. The number of anilines is 1. The summed E-state index contributed by atoms with van der Waals surface area (Å²) in [4.78, 5) is 32.7. The third kappa shape index (κ3) is 4.62. The van der Waals surface area contributed by atoms with Gasteiger partial charge in [0.15, 0.2) is 23.0 Å². The highest BCUT2D eigenvalue weighted by atomic mass is 16.7. The second kappa shape index (κ2) is 10.2. The predicted molar refractivity (Wildman–Crippen MR) is 142 cm³/mol. The fraction of sp³-hybridized carbons (Fsp3) is 0.552. The largest absolute Gasteiger partial charge is 0.478 e. The number of carbonyl (C=O) groups excluding carboxylic acids is 1. The Morgan fingerprint density at radius 3 is 2.68 bits per heavy atom. The Labute approximate surface area is 222 Å². The lowest BCUT2D eigenvalue weighted by molar-refractivity contribution is -0.355. The van der Waals surface area contributed by atoms with Gasteiger partial charge >= 0.3 is 5.97 Å². The van der Waals surface area contributed by atoms with Crippen molar-refractivity contribution in [2.75, 3.05) is 12.4 Å². The van der Waals surface area contributed by atoms with Crippen LogP contribution in [0.5, 0.6) is 0 Å². The minimum atomic E-state index is -1.06. The summed E-state index contributed by atoms with van der Waals surface area (Å²) in [5, 5.41) is 12.7. The van der Waals surface area contributed by atoms with E-state index in [-0.39, 0.29) is 47.2 Å². The Morgan fingerprint density at radius 2 is 2.00 bits per heavy atom. The first-order valence-electron chi connectivity index (χ1n) is 13.5. The van der Waals surface area contributed by atoms with Crippen molar-refractivity contribution in [3.05, 3.63) is 47.6 Å². The summed E-state index contributed by atoms with van der Waals surface area (Å²) in [6.07, 6.45) is 4.22. The third-order valence-electron chi connectivity index (χ3n) is 8.54. The Hall–Kier alpha value is -3.17. The van der Waals surface area contributed by atoms with Crippen LogP contribution in [-0.4, -0.2) is 51.9 Å². The van der Waals surface area contributed by atoms with Gasteiger partial charge < -0.3 is 29.3 Å². The van der Waals surface area contributed by atoms with Crippen LogP contribution in [0.3, 0.4) is 0 Å². The van der Waals surface area contributed by atoms with Gasteiger partial charge in [-0.1, -0.05) is 27.7 Å². The van der Waals surface area contributed by atoms with E-state index in [0.717, 1.165) is 19.3 Å². The lowest BCUT2D eigenvalue weighted by atomic mass is 9.75. The van der Waals surface area contributed by atoms with Crippen LogP contribution in [-0.2, 0) is 15.9 Å². The molecule has 204 valence electrons. The first-order valence-corrected chi connectivity index (χ1v) is 13.5. The molecule has 0 bridgehead atoms. The van der Waals surface area contributed by atoms with Crippen molar-refractivity contribution >= 4 is 28.5 Å². The number of nitrogens with one attached hydrogen (secondary N) is 2. The number of H-pyrrole nitrogens is 1. The Balaban J connectivity index is 1.39. The topological polar surface area (TPSA) is 127 Å². The number of aromatic nitrogens is 2. The zero-order valence-corrected chi connectivity index (χ0v) is 22.6. The van der Waals surface area contributed by atoms with E-state index < -0.39 is 11.8 Å². The maximum atomic E-state index is 13.1. The summed E-state index contributed by atoms with van der Waals surface area (Å²) in [5.74, 6) is -1.11. The molecule has 1 spiro atoms. The molecule has 3 N–H and O–H groups in total. The molecule has 2 saturated heterocycles. The molecule has 0 amide bonds. The van der Waals surface area contributed by atoms with Gasteiger partial charge in [0, 0.05) is 31.5 Å². The highest BCUT2D eigenvalue weighted by molar-refractivity contribution is 6.06. The number of carbonyl (C=O) groups is 2. The van der Waals surface area contributed by atoms with Crippen LogP contribution in [0.2, 0.25) is 0 Å². The van der Waals surface area contributed by atoms with Gasteiger partial charge in [0.1, 0.15) is 11.1 Å². The minimum Gasteiger partial charge on any atom is -0.478 e. The molecule has 2 aromatic heterocycles. The molecule has 1 aromatic carbocycles. The molecule has 38 heavy (non-hydrogen) atoms. The molecule has 2 aliphatic rings. The number of hydrogen-bond acceptors (Lipinski definition) is 7. The summed E-state index contributed by atoms with van der Waals surface area (Å²) >= 11 is 0. The van der Waals surface area contributed by atoms with Crippen LogP contribution in [0.25, 0.3) is 11.1 Å². The van der Waals surface area contributed by atoms with Crippen molar-refractivity contribution in [3.8, 4) is 0 Å². The van der Waals surface area contributed by atoms with Crippen LogP contribution in [0.4, 0.5) is 5.69 Å². The molecular weight excluding hydrogens is 486 g/mol. The number of nitrogens with zero attached hydrogens (tertiary/aromatic N) is 1. The number of oxazole rings is 1. The van der Waals surface area contributed by atoms with Gasteiger partial charge in [0.2, 0.25) is 0 Å². The molecule has 4 heterocycles. The number of carboxylic acid groups (broad SMARTS) is 1. The maximum absolute atomic E-state index is 13.1. The van der Waals surface area contributed by atoms with Gasteiger partial charge in [0.05, 0.1) is 30.0 Å². The van der Waals surface area contributed by atoms with Gasteiger partial charge in [-0.05, 0) is 48.9 Å². The number of rotatable bonds is 7. The first-order chi connectivity index (χ1) is 18.1. The molecule has 3 aromatic rings. The van der Waals surface area contributed by atoms with Crippen molar-refractivity contribution in [1.82, 2.24) is 9.97 Å². The van der Waals surface area contributed by atoms with E-state index in [1.54, 1.807) is 31.4 Å². The van der Waals surface area contributed by atoms with E-state index in [1.165, 1.54) is 0 Å². The standard InChI is InChI=1S/C29H37N3O6/c1-15-10-11-29(17(3)13-16(2)27(38-29)18(4)26(33)20-7-6-12-31-20)37-22(15)14-23-32-25-21(36-23)9-8-19(30-5)24(25)28(34)35/h6-9,12,15-18,22,27,30-31H,10-11,13-14H2,1-5H3,(H,34,35)/t15-,16?,17-,18-,22-,27+,29?/m1/s1. The van der Waals surface area contributed by atoms with Gasteiger partial charge in [0.25, 0.3) is 0 Å². The van der Waals surface area contributed by atoms with Gasteiger partial charge in [-0.25, -0.2) is 9.78 Å².